The summed E-state index contributed by atoms with van der Waals surface area (Å²) in [5.41, 5.74) is 1.53. The zero-order chi connectivity index (χ0) is 21.0. The number of rotatable bonds is 5. The Labute approximate surface area is 171 Å². The molecule has 3 aromatic rings. The average Bonchev–Trinajstić information content (AvgIpc) is 3.16. The first-order valence-corrected chi connectivity index (χ1v) is 8.80. The van der Waals surface area contributed by atoms with Gasteiger partial charge in [0.05, 0.1) is 4.92 Å². The molecule has 0 radical (unpaired) electrons. The first-order valence-electron chi connectivity index (χ1n) is 8.42. The largest absolute Gasteiger partial charge is 0.457 e. The Balaban J connectivity index is 1.85. The zero-order valence-corrected chi connectivity index (χ0v) is 15.9. The molecule has 1 heterocycles. The number of furan rings is 1. The molecule has 1 N–H and O–H groups in total. The minimum absolute atomic E-state index is 0.0186. The Morgan fingerprint density at radius 3 is 2.69 bits per heavy atom. The van der Waals surface area contributed by atoms with Gasteiger partial charge in [0.15, 0.2) is 0 Å². The summed E-state index contributed by atoms with van der Waals surface area (Å²) in [6, 6.07) is 16.5. The number of halogens is 1. The number of para-hydroxylation sites is 1. The van der Waals surface area contributed by atoms with Crippen LogP contribution in [0.3, 0.4) is 0 Å². The van der Waals surface area contributed by atoms with Crippen molar-refractivity contribution in [2.75, 3.05) is 5.32 Å². The van der Waals surface area contributed by atoms with Crippen LogP contribution >= 0.6 is 11.6 Å². The standard InChI is InChI=1S/C21H14ClN3O4/c1-13-4-2-3-5-18(13)24-21(26)15(12-23)10-16-7-9-20(29-16)14-6-8-17(22)19(11-14)25(27)28/h2-11H,1H3,(H,24,26)/b15-10+. The first kappa shape index (κ1) is 19.9. The summed E-state index contributed by atoms with van der Waals surface area (Å²) in [7, 11) is 0. The van der Waals surface area contributed by atoms with E-state index in [9.17, 15) is 20.2 Å². The number of hydrogen-bond donors (Lipinski definition) is 1. The van der Waals surface area contributed by atoms with Gasteiger partial charge in [0, 0.05) is 23.4 Å². The van der Waals surface area contributed by atoms with Gasteiger partial charge in [-0.3, -0.25) is 14.9 Å². The average molecular weight is 408 g/mol. The Bertz CT molecular complexity index is 1170. The number of carbonyl (C=O) groups is 1. The monoisotopic (exact) mass is 407 g/mol. The fourth-order valence-electron chi connectivity index (χ4n) is 2.59. The highest BCUT2D eigenvalue weighted by molar-refractivity contribution is 6.32. The third kappa shape index (κ3) is 4.51. The molecule has 0 aliphatic heterocycles. The number of benzene rings is 2. The van der Waals surface area contributed by atoms with Crippen molar-refractivity contribution in [2.45, 2.75) is 6.92 Å². The summed E-state index contributed by atoms with van der Waals surface area (Å²) in [5.74, 6) is 0.0311. The van der Waals surface area contributed by atoms with Crippen LogP contribution in [0.5, 0.6) is 0 Å². The van der Waals surface area contributed by atoms with Crippen LogP contribution in [0, 0.1) is 28.4 Å². The molecule has 7 nitrogen and oxygen atoms in total. The molecule has 0 spiro atoms. The SMILES string of the molecule is Cc1ccccc1NC(=O)/C(C#N)=C/c1ccc(-c2ccc(Cl)c([N+](=O)[O-])c2)o1. The minimum Gasteiger partial charge on any atom is -0.457 e. The summed E-state index contributed by atoms with van der Waals surface area (Å²) in [4.78, 5) is 22.9. The molecule has 0 aliphatic rings. The summed E-state index contributed by atoms with van der Waals surface area (Å²) < 4.78 is 5.63. The molecule has 0 bridgehead atoms. The van der Waals surface area contributed by atoms with E-state index in [-0.39, 0.29) is 22.0 Å². The van der Waals surface area contributed by atoms with Gasteiger partial charge in [-0.25, -0.2) is 0 Å². The smallest absolute Gasteiger partial charge is 0.288 e. The van der Waals surface area contributed by atoms with Gasteiger partial charge < -0.3 is 9.73 Å². The van der Waals surface area contributed by atoms with Crippen LogP contribution in [0.1, 0.15) is 11.3 Å². The topological polar surface area (TPSA) is 109 Å². The second kappa shape index (κ2) is 8.42. The van der Waals surface area contributed by atoms with Crippen molar-refractivity contribution >= 4 is 35.0 Å². The number of anilines is 1. The molecular weight excluding hydrogens is 394 g/mol. The van der Waals surface area contributed by atoms with E-state index < -0.39 is 10.8 Å². The molecule has 0 atom stereocenters. The van der Waals surface area contributed by atoms with Crippen LogP contribution in [0.2, 0.25) is 5.02 Å². The highest BCUT2D eigenvalue weighted by Gasteiger charge is 2.16. The number of carbonyl (C=O) groups excluding carboxylic acids is 1. The molecule has 2 aromatic carbocycles. The van der Waals surface area contributed by atoms with E-state index in [2.05, 4.69) is 5.32 Å². The number of nitrogens with one attached hydrogen (secondary N) is 1. The number of nitro benzene ring substituents is 1. The van der Waals surface area contributed by atoms with E-state index in [1.165, 1.54) is 18.2 Å². The third-order valence-electron chi connectivity index (χ3n) is 4.10. The van der Waals surface area contributed by atoms with E-state index in [4.69, 9.17) is 16.0 Å². The lowest BCUT2D eigenvalue weighted by atomic mass is 10.1. The van der Waals surface area contributed by atoms with Crippen LogP contribution < -0.4 is 5.32 Å². The fraction of sp³-hybridized carbons (Fsp3) is 0.0476. The number of nitriles is 1. The molecule has 0 saturated carbocycles. The number of amides is 1. The molecule has 1 amide bonds. The lowest BCUT2D eigenvalue weighted by Crippen LogP contribution is -2.14. The van der Waals surface area contributed by atoms with E-state index in [1.54, 1.807) is 30.3 Å². The second-order valence-electron chi connectivity index (χ2n) is 6.06. The third-order valence-corrected chi connectivity index (χ3v) is 4.42. The molecule has 144 valence electrons. The van der Waals surface area contributed by atoms with E-state index in [1.807, 2.05) is 25.1 Å². The quantitative estimate of drug-likeness (QED) is 0.265. The number of nitro groups is 1. The molecule has 3 rings (SSSR count). The Morgan fingerprint density at radius 2 is 2.00 bits per heavy atom. The van der Waals surface area contributed by atoms with Crippen LogP contribution in [0.25, 0.3) is 17.4 Å². The molecule has 0 aliphatic carbocycles. The Kier molecular flexibility index (Phi) is 5.77. The first-order chi connectivity index (χ1) is 13.9. The van der Waals surface area contributed by atoms with Gasteiger partial charge in [0.2, 0.25) is 0 Å². The molecule has 29 heavy (non-hydrogen) atoms. The summed E-state index contributed by atoms with van der Waals surface area (Å²) >= 11 is 5.82. The lowest BCUT2D eigenvalue weighted by molar-refractivity contribution is -0.384. The maximum Gasteiger partial charge on any atom is 0.288 e. The van der Waals surface area contributed by atoms with Gasteiger partial charge >= 0.3 is 0 Å². The van der Waals surface area contributed by atoms with Gasteiger partial charge in [0.25, 0.3) is 11.6 Å². The highest BCUT2D eigenvalue weighted by atomic mass is 35.5. The predicted molar refractivity (Wildman–Crippen MR) is 109 cm³/mol. The van der Waals surface area contributed by atoms with Crippen molar-refractivity contribution in [3.8, 4) is 17.4 Å². The molecule has 0 saturated heterocycles. The van der Waals surface area contributed by atoms with Gasteiger partial charge in [-0.1, -0.05) is 29.8 Å². The molecule has 0 fully saturated rings. The number of hydrogen-bond acceptors (Lipinski definition) is 5. The highest BCUT2D eigenvalue weighted by Crippen LogP contribution is 2.31. The van der Waals surface area contributed by atoms with Crippen LogP contribution in [-0.2, 0) is 4.79 Å². The molecule has 8 heteroatoms. The minimum atomic E-state index is -0.584. The van der Waals surface area contributed by atoms with Crippen molar-refractivity contribution in [3.05, 3.63) is 86.6 Å². The van der Waals surface area contributed by atoms with Gasteiger partial charge in [0.1, 0.15) is 28.2 Å². The van der Waals surface area contributed by atoms with Crippen molar-refractivity contribution in [2.24, 2.45) is 0 Å². The second-order valence-corrected chi connectivity index (χ2v) is 6.47. The van der Waals surface area contributed by atoms with Gasteiger partial charge in [-0.2, -0.15) is 5.26 Å². The Morgan fingerprint density at radius 1 is 1.24 bits per heavy atom. The predicted octanol–water partition coefficient (Wildman–Crippen LogP) is 5.36. The number of aryl methyl sites for hydroxylation is 1. The van der Waals surface area contributed by atoms with E-state index >= 15 is 0 Å². The maximum atomic E-state index is 12.4. The molecule has 0 unspecified atom stereocenters. The fourth-order valence-corrected chi connectivity index (χ4v) is 2.77. The summed E-state index contributed by atoms with van der Waals surface area (Å²) in [5, 5.41) is 23.1. The van der Waals surface area contributed by atoms with Gasteiger partial charge in [-0.05, 0) is 42.8 Å². The van der Waals surface area contributed by atoms with Crippen LogP contribution in [-0.4, -0.2) is 10.8 Å². The molecular formula is C21H14ClN3O4. The number of nitrogens with zero attached hydrogens (tertiary/aromatic N) is 2. The van der Waals surface area contributed by atoms with Crippen molar-refractivity contribution in [1.82, 2.24) is 0 Å². The summed E-state index contributed by atoms with van der Waals surface area (Å²) in [6.07, 6.45) is 1.31. The van der Waals surface area contributed by atoms with E-state index in [0.717, 1.165) is 5.56 Å². The molecule has 1 aromatic heterocycles. The maximum absolute atomic E-state index is 12.4. The summed E-state index contributed by atoms with van der Waals surface area (Å²) in [6.45, 7) is 1.84. The van der Waals surface area contributed by atoms with Crippen LogP contribution in [0.4, 0.5) is 11.4 Å². The van der Waals surface area contributed by atoms with Crippen LogP contribution in [0.15, 0.2) is 64.6 Å². The van der Waals surface area contributed by atoms with Crippen molar-refractivity contribution in [1.29, 1.82) is 5.26 Å². The van der Waals surface area contributed by atoms with E-state index in [0.29, 0.717) is 17.0 Å². The Hall–Kier alpha value is -3.89. The zero-order valence-electron chi connectivity index (χ0n) is 15.2. The van der Waals surface area contributed by atoms with Crippen molar-refractivity contribution < 1.29 is 14.1 Å². The normalized spacial score (nSPS) is 11.0. The van der Waals surface area contributed by atoms with Crippen molar-refractivity contribution in [3.63, 3.8) is 0 Å². The van der Waals surface area contributed by atoms with Gasteiger partial charge in [-0.15, -0.1) is 0 Å². The lowest BCUT2D eigenvalue weighted by Gasteiger charge is -2.06.